The predicted molar refractivity (Wildman–Crippen MR) is 129 cm³/mol. The van der Waals surface area contributed by atoms with Crippen molar-refractivity contribution in [2.45, 2.75) is 5.78 Å². The van der Waals surface area contributed by atoms with E-state index in [0.29, 0.717) is 0 Å². The second-order valence-electron chi connectivity index (χ2n) is 7.19. The number of aromatic nitrogens is 1. The third-order valence-corrected chi connectivity index (χ3v) is 7.92. The lowest BCUT2D eigenvalue weighted by atomic mass is 10.2. The Labute approximate surface area is 185 Å². The molecule has 2 radical (unpaired) electrons. The summed E-state index contributed by atoms with van der Waals surface area (Å²) in [5.41, 5.74) is 1.27. The highest BCUT2D eigenvalue weighted by Gasteiger charge is 2.33. The summed E-state index contributed by atoms with van der Waals surface area (Å²) in [6, 6.07) is 38.3. The summed E-state index contributed by atoms with van der Waals surface area (Å²) in [5.74, 6) is 0.961. The Bertz CT molecular complexity index is 1080. The van der Waals surface area contributed by atoms with Crippen LogP contribution in [-0.2, 0) is 0 Å². The van der Waals surface area contributed by atoms with Gasteiger partial charge in [-0.2, -0.15) is 0 Å². The van der Waals surface area contributed by atoms with Gasteiger partial charge in [0.1, 0.15) is 5.82 Å². The molecule has 0 bridgehead atoms. The van der Waals surface area contributed by atoms with Crippen LogP contribution in [0, 0.1) is 6.67 Å². The molecule has 4 aromatic rings. The van der Waals surface area contributed by atoms with Crippen molar-refractivity contribution in [1.82, 2.24) is 9.88 Å². The van der Waals surface area contributed by atoms with Gasteiger partial charge in [0.2, 0.25) is 6.67 Å². The molecule has 0 saturated heterocycles. The molecule has 0 spiro atoms. The van der Waals surface area contributed by atoms with Crippen LogP contribution in [0.3, 0.4) is 0 Å². The monoisotopic (exact) mass is 419 g/mol. The van der Waals surface area contributed by atoms with E-state index in [-0.39, 0.29) is 5.78 Å². The van der Waals surface area contributed by atoms with Crippen molar-refractivity contribution in [1.29, 1.82) is 0 Å². The van der Waals surface area contributed by atoms with E-state index in [1.165, 1.54) is 16.2 Å². The molecule has 1 atom stereocenters. The zero-order valence-electron chi connectivity index (χ0n) is 17.0. The zero-order chi connectivity index (χ0) is 20.9. The number of nitrogens with zero attached hydrogens (tertiary/aromatic N) is 3. The number of benzene rings is 3. The first-order valence-electron chi connectivity index (χ1n) is 10.3. The minimum absolute atomic E-state index is 0.103. The molecule has 1 aliphatic heterocycles. The minimum atomic E-state index is -0.724. The molecule has 0 saturated carbocycles. The summed E-state index contributed by atoms with van der Waals surface area (Å²) in [6.45, 7) is 3.54. The molecule has 3 aromatic carbocycles. The van der Waals surface area contributed by atoms with Gasteiger partial charge in [0.15, 0.2) is 0 Å². The third kappa shape index (κ3) is 4.23. The van der Waals surface area contributed by atoms with Gasteiger partial charge >= 0.3 is 0 Å². The van der Waals surface area contributed by atoms with Gasteiger partial charge in [-0.3, -0.25) is 4.90 Å². The van der Waals surface area contributed by atoms with Crippen LogP contribution >= 0.6 is 7.92 Å². The highest BCUT2D eigenvalue weighted by molar-refractivity contribution is 7.73. The summed E-state index contributed by atoms with van der Waals surface area (Å²) in [7, 11) is -0.724. The highest BCUT2D eigenvalue weighted by atomic mass is 31.1. The lowest BCUT2D eigenvalue weighted by Gasteiger charge is -2.35. The lowest BCUT2D eigenvalue weighted by molar-refractivity contribution is 0.445. The predicted octanol–water partition coefficient (Wildman–Crippen LogP) is 5.50. The van der Waals surface area contributed by atoms with Gasteiger partial charge in [-0.1, -0.05) is 97.1 Å². The smallest absolute Gasteiger partial charge is 0.214 e. The van der Waals surface area contributed by atoms with Gasteiger partial charge in [0, 0.05) is 18.6 Å². The molecule has 2 heterocycles. The first-order chi connectivity index (χ1) is 15.4. The first kappa shape index (κ1) is 19.5. The van der Waals surface area contributed by atoms with Crippen molar-refractivity contribution < 1.29 is 0 Å². The van der Waals surface area contributed by atoms with Crippen LogP contribution in [0.15, 0.2) is 128 Å². The van der Waals surface area contributed by atoms with Crippen molar-refractivity contribution in [2.24, 2.45) is 0 Å². The Morgan fingerprint density at radius 1 is 0.645 bits per heavy atom. The second-order valence-corrected chi connectivity index (χ2v) is 9.45. The molecular weight excluding hydrogens is 397 g/mol. The number of anilines is 1. The summed E-state index contributed by atoms with van der Waals surface area (Å²) in [5, 5.41) is 2.67. The maximum atomic E-state index is 4.48. The van der Waals surface area contributed by atoms with E-state index < -0.39 is 7.92 Å². The molecule has 0 amide bonds. The lowest BCUT2D eigenvalue weighted by Crippen LogP contribution is -2.28. The van der Waals surface area contributed by atoms with E-state index in [0.717, 1.165) is 5.82 Å². The molecule has 1 aliphatic rings. The van der Waals surface area contributed by atoms with E-state index in [9.17, 15) is 0 Å². The van der Waals surface area contributed by atoms with Crippen molar-refractivity contribution in [3.8, 4) is 0 Å². The summed E-state index contributed by atoms with van der Waals surface area (Å²) >= 11 is 0. The Morgan fingerprint density at radius 2 is 1.23 bits per heavy atom. The van der Waals surface area contributed by atoms with Crippen molar-refractivity contribution in [2.75, 3.05) is 4.90 Å². The molecule has 0 aliphatic carbocycles. The van der Waals surface area contributed by atoms with Crippen LogP contribution in [-0.4, -0.2) is 9.88 Å². The SMILES string of the molecule is [C]1N(c2ccccn2)C=CN1C(c1ccccc1)P(c1ccccc1)c1ccccc1. The van der Waals surface area contributed by atoms with E-state index in [4.69, 9.17) is 0 Å². The van der Waals surface area contributed by atoms with Crippen LogP contribution in [0.1, 0.15) is 11.3 Å². The third-order valence-electron chi connectivity index (χ3n) is 5.17. The van der Waals surface area contributed by atoms with E-state index in [1.807, 2.05) is 35.5 Å². The van der Waals surface area contributed by atoms with Gasteiger partial charge in [-0.05, 0) is 36.2 Å². The quantitative estimate of drug-likeness (QED) is 0.385. The zero-order valence-corrected chi connectivity index (χ0v) is 17.9. The van der Waals surface area contributed by atoms with Crippen LogP contribution in [0.5, 0.6) is 0 Å². The Hall–Kier alpha value is -3.42. The summed E-state index contributed by atoms with van der Waals surface area (Å²) < 4.78 is 0. The van der Waals surface area contributed by atoms with Gasteiger partial charge in [0.25, 0.3) is 0 Å². The van der Waals surface area contributed by atoms with Crippen LogP contribution in [0.2, 0.25) is 0 Å². The maximum absolute atomic E-state index is 4.48. The molecule has 1 unspecified atom stereocenters. The normalized spacial score (nSPS) is 14.2. The van der Waals surface area contributed by atoms with Gasteiger partial charge in [-0.15, -0.1) is 0 Å². The minimum Gasteiger partial charge on any atom is -0.334 e. The Balaban J connectivity index is 1.58. The van der Waals surface area contributed by atoms with Crippen molar-refractivity contribution in [3.05, 3.63) is 140 Å². The fraction of sp³-hybridized carbons (Fsp3) is 0.0370. The van der Waals surface area contributed by atoms with Crippen molar-refractivity contribution in [3.63, 3.8) is 0 Å². The Morgan fingerprint density at radius 3 is 1.81 bits per heavy atom. The number of hydrogen-bond donors (Lipinski definition) is 0. The largest absolute Gasteiger partial charge is 0.334 e. The molecule has 4 heteroatoms. The maximum Gasteiger partial charge on any atom is 0.214 e. The molecule has 5 rings (SSSR count). The number of pyridine rings is 1. The van der Waals surface area contributed by atoms with Crippen molar-refractivity contribution >= 4 is 24.3 Å². The number of hydrogen-bond acceptors (Lipinski definition) is 3. The van der Waals surface area contributed by atoms with E-state index >= 15 is 0 Å². The van der Waals surface area contributed by atoms with Crippen LogP contribution in [0.4, 0.5) is 5.82 Å². The molecule has 150 valence electrons. The molecule has 3 nitrogen and oxygen atoms in total. The fourth-order valence-electron chi connectivity index (χ4n) is 3.76. The van der Waals surface area contributed by atoms with Gasteiger partial charge in [-0.25, -0.2) is 4.98 Å². The van der Waals surface area contributed by atoms with E-state index in [2.05, 4.69) is 114 Å². The second kappa shape index (κ2) is 9.16. The standard InChI is InChI=1S/C27H22N3P/c1-4-12-23(13-5-1)27(30-21-20-29(22-30)26-18-10-11-19-28-26)31(24-14-6-2-7-15-24)25-16-8-3-9-17-25/h1-21,27H. The van der Waals surface area contributed by atoms with Gasteiger partial charge in [0.05, 0.1) is 5.78 Å². The summed E-state index contributed by atoms with van der Waals surface area (Å²) in [6.07, 6.45) is 5.94. The average molecular weight is 419 g/mol. The molecule has 0 fully saturated rings. The molecular formula is C27H22N3P. The highest BCUT2D eigenvalue weighted by Crippen LogP contribution is 2.52. The van der Waals surface area contributed by atoms with Crippen LogP contribution < -0.4 is 15.5 Å². The molecule has 0 N–H and O–H groups in total. The molecule has 1 aromatic heterocycles. The van der Waals surface area contributed by atoms with E-state index in [1.54, 1.807) is 0 Å². The number of rotatable bonds is 6. The average Bonchev–Trinajstić information content (AvgIpc) is 3.34. The first-order valence-corrected chi connectivity index (χ1v) is 11.7. The van der Waals surface area contributed by atoms with Crippen LogP contribution in [0.25, 0.3) is 0 Å². The topological polar surface area (TPSA) is 19.4 Å². The van der Waals surface area contributed by atoms with Gasteiger partial charge < -0.3 is 4.90 Å². The molecule has 31 heavy (non-hydrogen) atoms. The fourth-order valence-corrected chi connectivity index (χ4v) is 6.45. The summed E-state index contributed by atoms with van der Waals surface area (Å²) in [4.78, 5) is 8.64. The Kier molecular flexibility index (Phi) is 5.77.